The molecule has 8 heteroatoms. The third-order valence-corrected chi connectivity index (χ3v) is 5.23. The van der Waals surface area contributed by atoms with Gasteiger partial charge < -0.3 is 14.6 Å². The zero-order chi connectivity index (χ0) is 21.0. The molecule has 1 aliphatic heterocycles. The number of nitrogens with zero attached hydrogens (tertiary/aromatic N) is 2. The maximum atomic E-state index is 12.9. The highest BCUT2D eigenvalue weighted by atomic mass is 19.4. The first-order chi connectivity index (χ1) is 13.8. The standard InChI is InChI=1S/C21H26F3N3O2/c1-15-13-19(16(2)27(15)8-4-7-26-9-11-29-12-10-26)20(28)25-18-6-3-5-17(14-18)21(22,23)24/h3,5-6,13-14H,4,7-12H2,1-2H3,(H,25,28). The molecule has 5 nitrogen and oxygen atoms in total. The van der Waals surface area contributed by atoms with Crippen LogP contribution < -0.4 is 5.32 Å². The minimum atomic E-state index is -4.45. The van der Waals surface area contributed by atoms with Gasteiger partial charge in [-0.05, 0) is 44.5 Å². The highest BCUT2D eigenvalue weighted by molar-refractivity contribution is 6.05. The Morgan fingerprint density at radius 3 is 2.55 bits per heavy atom. The van der Waals surface area contributed by atoms with Gasteiger partial charge in [0.1, 0.15) is 0 Å². The van der Waals surface area contributed by atoms with Gasteiger partial charge in [0.25, 0.3) is 5.91 Å². The van der Waals surface area contributed by atoms with E-state index in [1.165, 1.54) is 12.1 Å². The number of carbonyl (C=O) groups is 1. The van der Waals surface area contributed by atoms with Crippen LogP contribution in [0.2, 0.25) is 0 Å². The van der Waals surface area contributed by atoms with Crippen LogP contribution >= 0.6 is 0 Å². The number of halogens is 3. The number of alkyl halides is 3. The van der Waals surface area contributed by atoms with Gasteiger partial charge in [-0.2, -0.15) is 13.2 Å². The maximum absolute atomic E-state index is 12.9. The third-order valence-electron chi connectivity index (χ3n) is 5.23. The van der Waals surface area contributed by atoms with E-state index in [1.807, 2.05) is 13.8 Å². The molecule has 1 saturated heterocycles. The summed E-state index contributed by atoms with van der Waals surface area (Å²) in [5.74, 6) is -0.406. The van der Waals surface area contributed by atoms with Gasteiger partial charge in [0.05, 0.1) is 24.3 Å². The average Bonchev–Trinajstić information content (AvgIpc) is 2.97. The van der Waals surface area contributed by atoms with E-state index in [-0.39, 0.29) is 5.69 Å². The lowest BCUT2D eigenvalue weighted by molar-refractivity contribution is -0.137. The fourth-order valence-electron chi connectivity index (χ4n) is 3.62. The molecule has 0 radical (unpaired) electrons. The van der Waals surface area contributed by atoms with Crippen LogP contribution in [-0.4, -0.2) is 48.2 Å². The molecule has 0 aliphatic carbocycles. The molecule has 0 saturated carbocycles. The van der Waals surface area contributed by atoms with Crippen molar-refractivity contribution in [2.75, 3.05) is 38.2 Å². The highest BCUT2D eigenvalue weighted by Gasteiger charge is 2.30. The summed E-state index contributed by atoms with van der Waals surface area (Å²) in [5.41, 5.74) is 1.59. The molecular weight excluding hydrogens is 383 g/mol. The Balaban J connectivity index is 1.65. The van der Waals surface area contributed by atoms with Gasteiger partial charge >= 0.3 is 6.18 Å². The van der Waals surface area contributed by atoms with Crippen molar-refractivity contribution in [1.29, 1.82) is 0 Å². The van der Waals surface area contributed by atoms with E-state index in [0.29, 0.717) is 5.56 Å². The summed E-state index contributed by atoms with van der Waals surface area (Å²) in [7, 11) is 0. The summed E-state index contributed by atoms with van der Waals surface area (Å²) >= 11 is 0. The second-order valence-electron chi connectivity index (χ2n) is 7.28. The van der Waals surface area contributed by atoms with Crippen molar-refractivity contribution in [3.8, 4) is 0 Å². The monoisotopic (exact) mass is 409 g/mol. The molecule has 1 fully saturated rings. The Kier molecular flexibility index (Phi) is 6.64. The molecule has 1 amide bonds. The van der Waals surface area contributed by atoms with E-state index in [2.05, 4.69) is 14.8 Å². The van der Waals surface area contributed by atoms with Crippen LogP contribution in [0, 0.1) is 13.8 Å². The first-order valence-electron chi connectivity index (χ1n) is 9.71. The molecule has 158 valence electrons. The molecule has 3 rings (SSSR count). The molecule has 0 bridgehead atoms. The second kappa shape index (κ2) is 9.00. The van der Waals surface area contributed by atoms with Crippen LogP contribution in [0.15, 0.2) is 30.3 Å². The molecule has 1 aromatic carbocycles. The van der Waals surface area contributed by atoms with E-state index in [9.17, 15) is 18.0 Å². The Bertz CT molecular complexity index is 855. The molecule has 1 aliphatic rings. The Morgan fingerprint density at radius 2 is 1.86 bits per heavy atom. The molecule has 29 heavy (non-hydrogen) atoms. The van der Waals surface area contributed by atoms with Gasteiger partial charge in [0.2, 0.25) is 0 Å². The average molecular weight is 409 g/mol. The first kappa shape index (κ1) is 21.4. The third kappa shape index (κ3) is 5.39. The Hall–Kier alpha value is -2.32. The van der Waals surface area contributed by atoms with E-state index in [0.717, 1.165) is 69.3 Å². The number of hydrogen-bond acceptors (Lipinski definition) is 3. The molecule has 0 atom stereocenters. The number of morpholine rings is 1. The van der Waals surface area contributed by atoms with Crippen LogP contribution in [0.25, 0.3) is 0 Å². The van der Waals surface area contributed by atoms with Crippen molar-refractivity contribution >= 4 is 11.6 Å². The van der Waals surface area contributed by atoms with E-state index in [1.54, 1.807) is 6.07 Å². The lowest BCUT2D eigenvalue weighted by atomic mass is 10.1. The SMILES string of the molecule is Cc1cc(C(=O)Nc2cccc(C(F)(F)F)c2)c(C)n1CCCN1CCOCC1. The number of benzene rings is 1. The summed E-state index contributed by atoms with van der Waals surface area (Å²) in [6.07, 6.45) is -3.50. The smallest absolute Gasteiger partial charge is 0.379 e. The Morgan fingerprint density at radius 1 is 1.14 bits per heavy atom. The number of rotatable bonds is 6. The van der Waals surface area contributed by atoms with Crippen molar-refractivity contribution in [1.82, 2.24) is 9.47 Å². The van der Waals surface area contributed by atoms with Crippen molar-refractivity contribution in [2.24, 2.45) is 0 Å². The van der Waals surface area contributed by atoms with Crippen LogP contribution in [0.3, 0.4) is 0 Å². The number of hydrogen-bond donors (Lipinski definition) is 1. The molecule has 0 spiro atoms. The predicted octanol–water partition coefficient (Wildman–Crippen LogP) is 4.10. The molecule has 2 heterocycles. The number of nitrogens with one attached hydrogen (secondary N) is 1. The topological polar surface area (TPSA) is 46.5 Å². The molecule has 1 aromatic heterocycles. The number of aromatic nitrogens is 1. The summed E-state index contributed by atoms with van der Waals surface area (Å²) < 4.78 is 46.1. The number of carbonyl (C=O) groups excluding carboxylic acids is 1. The Labute approximate surface area is 168 Å². The quantitative estimate of drug-likeness (QED) is 0.782. The van der Waals surface area contributed by atoms with Crippen molar-refractivity contribution in [3.63, 3.8) is 0 Å². The minimum absolute atomic E-state index is 0.127. The van der Waals surface area contributed by atoms with Crippen molar-refractivity contribution in [2.45, 2.75) is 33.0 Å². The van der Waals surface area contributed by atoms with Gasteiger partial charge in [-0.1, -0.05) is 6.07 Å². The van der Waals surface area contributed by atoms with E-state index in [4.69, 9.17) is 4.74 Å². The molecular formula is C21H26F3N3O2. The zero-order valence-corrected chi connectivity index (χ0v) is 16.7. The summed E-state index contributed by atoms with van der Waals surface area (Å²) in [6.45, 7) is 8.95. The number of anilines is 1. The molecule has 2 aromatic rings. The number of ether oxygens (including phenoxy) is 1. The second-order valence-corrected chi connectivity index (χ2v) is 7.28. The van der Waals surface area contributed by atoms with Crippen LogP contribution in [0.4, 0.5) is 18.9 Å². The van der Waals surface area contributed by atoms with Gasteiger partial charge in [-0.3, -0.25) is 9.69 Å². The lowest BCUT2D eigenvalue weighted by Crippen LogP contribution is -2.37. The van der Waals surface area contributed by atoms with Gasteiger partial charge in [-0.15, -0.1) is 0 Å². The lowest BCUT2D eigenvalue weighted by Gasteiger charge is -2.26. The summed E-state index contributed by atoms with van der Waals surface area (Å²) in [5, 5.41) is 2.59. The van der Waals surface area contributed by atoms with Gasteiger partial charge in [-0.25, -0.2) is 0 Å². The van der Waals surface area contributed by atoms with E-state index < -0.39 is 17.6 Å². The van der Waals surface area contributed by atoms with Gasteiger partial charge in [0, 0.05) is 43.3 Å². The van der Waals surface area contributed by atoms with Crippen LogP contribution in [-0.2, 0) is 17.5 Å². The number of aryl methyl sites for hydroxylation is 1. The maximum Gasteiger partial charge on any atom is 0.416 e. The molecule has 0 unspecified atom stereocenters. The first-order valence-corrected chi connectivity index (χ1v) is 9.71. The van der Waals surface area contributed by atoms with Crippen LogP contribution in [0.5, 0.6) is 0 Å². The summed E-state index contributed by atoms with van der Waals surface area (Å²) in [4.78, 5) is 15.0. The minimum Gasteiger partial charge on any atom is -0.379 e. The number of amides is 1. The normalized spacial score (nSPS) is 15.5. The fraction of sp³-hybridized carbons (Fsp3) is 0.476. The largest absolute Gasteiger partial charge is 0.416 e. The van der Waals surface area contributed by atoms with Crippen LogP contribution in [0.1, 0.15) is 33.7 Å². The predicted molar refractivity (Wildman–Crippen MR) is 105 cm³/mol. The van der Waals surface area contributed by atoms with Gasteiger partial charge in [0.15, 0.2) is 0 Å². The van der Waals surface area contributed by atoms with E-state index >= 15 is 0 Å². The fourth-order valence-corrected chi connectivity index (χ4v) is 3.62. The summed E-state index contributed by atoms with van der Waals surface area (Å²) in [6, 6.07) is 6.45. The van der Waals surface area contributed by atoms with Crippen molar-refractivity contribution in [3.05, 3.63) is 52.8 Å². The molecule has 1 N–H and O–H groups in total. The van der Waals surface area contributed by atoms with Crippen molar-refractivity contribution < 1.29 is 22.7 Å². The highest BCUT2D eigenvalue weighted by Crippen LogP contribution is 2.31. The zero-order valence-electron chi connectivity index (χ0n) is 16.7.